The number of hydrogen-bond donors (Lipinski definition) is 0. The number of nitrogens with zero attached hydrogens (tertiary/aromatic N) is 3. The summed E-state index contributed by atoms with van der Waals surface area (Å²) in [6, 6.07) is 61.8. The second-order valence-corrected chi connectivity index (χ2v) is 14.6. The molecule has 11 rings (SSSR count). The molecule has 4 nitrogen and oxygen atoms in total. The number of furan rings is 1. The van der Waals surface area contributed by atoms with E-state index >= 15 is 0 Å². The second kappa shape index (κ2) is 12.3. The molecular weight excluding hydrogens is 679 g/mol. The maximum Gasteiger partial charge on any atom is 0.174 e. The normalized spacial score (nSPS) is 11.7. The van der Waals surface area contributed by atoms with Crippen molar-refractivity contribution in [1.82, 2.24) is 15.0 Å². The Bertz CT molecular complexity index is 3130. The fourth-order valence-electron chi connectivity index (χ4n) is 7.84. The number of benzene rings is 8. The first-order valence-corrected chi connectivity index (χ1v) is 18.8. The molecule has 11 aromatic rings. The zero-order valence-corrected chi connectivity index (χ0v) is 29.7. The number of fused-ring (bicyclic) bond motifs is 6. The Hall–Kier alpha value is -6.95. The zero-order chi connectivity index (χ0) is 35.6. The van der Waals surface area contributed by atoms with Crippen molar-refractivity contribution >= 4 is 64.9 Å². The van der Waals surface area contributed by atoms with Crippen molar-refractivity contribution in [2.24, 2.45) is 0 Å². The molecule has 54 heavy (non-hydrogen) atoms. The molecule has 0 aliphatic rings. The van der Waals surface area contributed by atoms with Crippen LogP contribution in [0, 0.1) is 0 Å². The van der Waals surface area contributed by atoms with E-state index in [9.17, 15) is 0 Å². The average molecular weight is 708 g/mol. The lowest BCUT2D eigenvalue weighted by Crippen LogP contribution is -1.99. The highest BCUT2D eigenvalue weighted by molar-refractivity contribution is 7.22. The highest BCUT2D eigenvalue weighted by Gasteiger charge is 2.19. The van der Waals surface area contributed by atoms with Crippen LogP contribution in [0.4, 0.5) is 0 Å². The Kier molecular flexibility index (Phi) is 7.00. The van der Waals surface area contributed by atoms with E-state index in [1.165, 1.54) is 48.3 Å². The zero-order valence-electron chi connectivity index (χ0n) is 28.9. The highest BCUT2D eigenvalue weighted by Crippen LogP contribution is 2.44. The summed E-state index contributed by atoms with van der Waals surface area (Å²) in [5, 5.41) is 8.25. The van der Waals surface area contributed by atoms with E-state index in [2.05, 4.69) is 152 Å². The summed E-state index contributed by atoms with van der Waals surface area (Å²) in [6.45, 7) is 0. The highest BCUT2D eigenvalue weighted by atomic mass is 32.1. The molecular formula is C49H29N3OS. The van der Waals surface area contributed by atoms with Crippen LogP contribution in [-0.4, -0.2) is 15.0 Å². The predicted molar refractivity (Wildman–Crippen MR) is 225 cm³/mol. The van der Waals surface area contributed by atoms with Crippen molar-refractivity contribution in [1.29, 1.82) is 0 Å². The summed E-state index contributed by atoms with van der Waals surface area (Å²) in [7, 11) is 0. The molecule has 0 saturated heterocycles. The summed E-state index contributed by atoms with van der Waals surface area (Å²) in [6.07, 6.45) is 0. The molecule has 0 atom stereocenters. The van der Waals surface area contributed by atoms with Crippen LogP contribution in [0.3, 0.4) is 0 Å². The summed E-state index contributed by atoms with van der Waals surface area (Å²) in [4.78, 5) is 16.3. The van der Waals surface area contributed by atoms with Crippen LogP contribution in [0.25, 0.3) is 109 Å². The van der Waals surface area contributed by atoms with Crippen LogP contribution >= 0.6 is 11.3 Å². The van der Waals surface area contributed by atoms with E-state index < -0.39 is 0 Å². The molecule has 5 heteroatoms. The minimum absolute atomic E-state index is 0.604. The van der Waals surface area contributed by atoms with Crippen molar-refractivity contribution < 1.29 is 4.42 Å². The lowest BCUT2D eigenvalue weighted by molar-refractivity contribution is 0.669. The standard InChI is InChI=1S/C49H29N3OS/c1-2-12-30(13-3-1)45-37-16-5-7-18-39(37)46(40-19-8-6-17-38(40)45)31-22-24-32(25-23-31)47-50-48(52-49(51-47)44-29-33-14-4-11-21-43(33)54-44)34-26-27-36-35-15-9-10-20-41(35)53-42(36)28-34/h1-29H. The molecule has 0 unspecified atom stereocenters. The van der Waals surface area contributed by atoms with E-state index in [0.29, 0.717) is 17.5 Å². The Balaban J connectivity index is 1.07. The molecule has 0 saturated carbocycles. The monoisotopic (exact) mass is 707 g/mol. The van der Waals surface area contributed by atoms with Crippen molar-refractivity contribution in [3.05, 3.63) is 176 Å². The molecule has 0 fully saturated rings. The molecule has 0 radical (unpaired) electrons. The average Bonchev–Trinajstić information content (AvgIpc) is 3.85. The van der Waals surface area contributed by atoms with Gasteiger partial charge in [-0.05, 0) is 79.5 Å². The van der Waals surface area contributed by atoms with Crippen LogP contribution in [0.1, 0.15) is 0 Å². The maximum atomic E-state index is 6.26. The largest absolute Gasteiger partial charge is 0.456 e. The summed E-state index contributed by atoms with van der Waals surface area (Å²) in [5.41, 5.74) is 8.29. The lowest BCUT2D eigenvalue weighted by Gasteiger charge is -2.17. The van der Waals surface area contributed by atoms with Gasteiger partial charge in [0.05, 0.1) is 4.88 Å². The smallest absolute Gasteiger partial charge is 0.174 e. The third-order valence-corrected chi connectivity index (χ3v) is 11.5. The van der Waals surface area contributed by atoms with Gasteiger partial charge < -0.3 is 4.42 Å². The minimum atomic E-state index is 0.604. The summed E-state index contributed by atoms with van der Waals surface area (Å²) >= 11 is 1.69. The van der Waals surface area contributed by atoms with E-state index in [1.54, 1.807) is 11.3 Å². The topological polar surface area (TPSA) is 51.8 Å². The quantitative estimate of drug-likeness (QED) is 0.167. The van der Waals surface area contributed by atoms with Crippen LogP contribution in [0.5, 0.6) is 0 Å². The van der Waals surface area contributed by atoms with Gasteiger partial charge in [-0.1, -0.05) is 146 Å². The first-order chi connectivity index (χ1) is 26.7. The minimum Gasteiger partial charge on any atom is -0.456 e. The first kappa shape index (κ1) is 30.7. The van der Waals surface area contributed by atoms with E-state index in [4.69, 9.17) is 19.4 Å². The second-order valence-electron chi connectivity index (χ2n) is 13.5. The predicted octanol–water partition coefficient (Wildman–Crippen LogP) is 13.6. The van der Waals surface area contributed by atoms with Gasteiger partial charge in [0.25, 0.3) is 0 Å². The van der Waals surface area contributed by atoms with Gasteiger partial charge in [0.1, 0.15) is 11.2 Å². The number of aromatic nitrogens is 3. The maximum absolute atomic E-state index is 6.26. The molecule has 252 valence electrons. The SMILES string of the molecule is c1ccc(-c2c3ccccc3c(-c3ccc(-c4nc(-c5ccc6c(c5)oc5ccccc56)nc(-c5cc6ccccc6s5)n4)cc3)c3ccccc23)cc1. The van der Waals surface area contributed by atoms with Crippen molar-refractivity contribution in [3.8, 4) is 55.7 Å². The Morgan fingerprint density at radius 2 is 0.852 bits per heavy atom. The van der Waals surface area contributed by atoms with E-state index in [-0.39, 0.29) is 0 Å². The number of thiophene rings is 1. The molecule has 0 aliphatic heterocycles. The lowest BCUT2D eigenvalue weighted by atomic mass is 9.86. The van der Waals surface area contributed by atoms with Gasteiger partial charge in [0.15, 0.2) is 17.5 Å². The Morgan fingerprint density at radius 1 is 0.352 bits per heavy atom. The molecule has 0 bridgehead atoms. The van der Waals surface area contributed by atoms with E-state index in [0.717, 1.165) is 43.5 Å². The van der Waals surface area contributed by atoms with E-state index in [1.807, 2.05) is 24.3 Å². The van der Waals surface area contributed by atoms with Crippen LogP contribution in [0.15, 0.2) is 180 Å². The Morgan fingerprint density at radius 3 is 1.54 bits per heavy atom. The van der Waals surface area contributed by atoms with Gasteiger partial charge in [-0.15, -0.1) is 11.3 Å². The summed E-state index contributed by atoms with van der Waals surface area (Å²) < 4.78 is 7.46. The molecule has 8 aromatic carbocycles. The molecule has 0 spiro atoms. The first-order valence-electron chi connectivity index (χ1n) is 18.0. The van der Waals surface area contributed by atoms with Crippen LogP contribution in [-0.2, 0) is 0 Å². The molecule has 0 N–H and O–H groups in total. The molecule has 3 heterocycles. The van der Waals surface area contributed by atoms with Gasteiger partial charge in [0, 0.05) is 26.6 Å². The number of rotatable bonds is 5. The number of hydrogen-bond acceptors (Lipinski definition) is 5. The van der Waals surface area contributed by atoms with Gasteiger partial charge in [-0.2, -0.15) is 0 Å². The fraction of sp³-hybridized carbons (Fsp3) is 0. The van der Waals surface area contributed by atoms with Crippen molar-refractivity contribution in [3.63, 3.8) is 0 Å². The van der Waals surface area contributed by atoms with Gasteiger partial charge in [-0.25, -0.2) is 15.0 Å². The Labute approximate surface area is 314 Å². The van der Waals surface area contributed by atoms with Crippen molar-refractivity contribution in [2.75, 3.05) is 0 Å². The van der Waals surface area contributed by atoms with Gasteiger partial charge in [-0.3, -0.25) is 0 Å². The third kappa shape index (κ3) is 5.01. The van der Waals surface area contributed by atoms with Gasteiger partial charge in [0.2, 0.25) is 0 Å². The fourth-order valence-corrected chi connectivity index (χ4v) is 8.84. The van der Waals surface area contributed by atoms with Crippen LogP contribution in [0.2, 0.25) is 0 Å². The van der Waals surface area contributed by atoms with Crippen LogP contribution < -0.4 is 0 Å². The molecule has 0 amide bonds. The summed E-state index contributed by atoms with van der Waals surface area (Å²) in [5.74, 6) is 1.88. The number of para-hydroxylation sites is 1. The third-order valence-electron chi connectivity index (χ3n) is 10.3. The van der Waals surface area contributed by atoms with Gasteiger partial charge >= 0.3 is 0 Å². The molecule has 0 aliphatic carbocycles. The van der Waals surface area contributed by atoms with Crippen molar-refractivity contribution in [2.45, 2.75) is 0 Å². The molecule has 3 aromatic heterocycles.